The minimum atomic E-state index is -0.836. The molecule has 1 unspecified atom stereocenters. The van der Waals surface area contributed by atoms with Crippen molar-refractivity contribution in [3.8, 4) is 0 Å². The molecule has 0 aliphatic heterocycles. The highest BCUT2D eigenvalue weighted by Crippen LogP contribution is 2.10. The second-order valence-corrected chi connectivity index (χ2v) is 3.50. The molecule has 3 heteroatoms. The Labute approximate surface area is 73.7 Å². The average Bonchev–Trinajstić information content (AvgIpc) is 1.84. The predicted octanol–water partition coefficient (Wildman–Crippen LogP) is 0.711. The molecular formula is C9H18O3. The summed E-state index contributed by atoms with van der Waals surface area (Å²) < 4.78 is 5.01. The average molecular weight is 174 g/mol. The number of aliphatic hydroxyl groups excluding tert-OH is 1. The van der Waals surface area contributed by atoms with Gasteiger partial charge in [-0.1, -0.05) is 6.08 Å². The van der Waals surface area contributed by atoms with E-state index in [1.807, 2.05) is 0 Å². The summed E-state index contributed by atoms with van der Waals surface area (Å²) in [5.41, 5.74) is -0.836. The van der Waals surface area contributed by atoms with E-state index in [1.165, 1.54) is 0 Å². The van der Waals surface area contributed by atoms with Gasteiger partial charge in [-0.15, -0.1) is 6.58 Å². The van der Waals surface area contributed by atoms with Crippen molar-refractivity contribution in [1.29, 1.82) is 0 Å². The monoisotopic (exact) mass is 174 g/mol. The van der Waals surface area contributed by atoms with Gasteiger partial charge >= 0.3 is 0 Å². The van der Waals surface area contributed by atoms with Gasteiger partial charge in [-0.05, 0) is 13.8 Å². The van der Waals surface area contributed by atoms with Crippen molar-refractivity contribution >= 4 is 0 Å². The van der Waals surface area contributed by atoms with Crippen molar-refractivity contribution in [2.75, 3.05) is 13.2 Å². The molecule has 0 aliphatic rings. The van der Waals surface area contributed by atoms with Crippen LogP contribution in [0.2, 0.25) is 0 Å². The molecule has 0 aromatic rings. The molecule has 0 radical (unpaired) electrons. The molecule has 0 saturated heterocycles. The standard InChI is InChI=1S/C9H18O3/c1-4-5-12-7-8(10)6-9(2,3)11/h4,8,10-11H,1,5-7H2,2-3H3. The third-order valence-corrected chi connectivity index (χ3v) is 1.28. The smallest absolute Gasteiger partial charge is 0.0801 e. The van der Waals surface area contributed by atoms with Crippen LogP contribution in [0.25, 0.3) is 0 Å². The maximum Gasteiger partial charge on any atom is 0.0801 e. The summed E-state index contributed by atoms with van der Waals surface area (Å²) in [7, 11) is 0. The fourth-order valence-corrected chi connectivity index (χ4v) is 0.923. The Hall–Kier alpha value is -0.380. The van der Waals surface area contributed by atoms with Crippen LogP contribution in [0, 0.1) is 0 Å². The van der Waals surface area contributed by atoms with Gasteiger partial charge in [0.05, 0.1) is 24.9 Å². The Kier molecular flexibility index (Phi) is 5.13. The quantitative estimate of drug-likeness (QED) is 0.460. The third kappa shape index (κ3) is 7.72. The summed E-state index contributed by atoms with van der Waals surface area (Å²) in [6.07, 6.45) is 1.34. The molecule has 0 rings (SSSR count). The summed E-state index contributed by atoms with van der Waals surface area (Å²) in [5.74, 6) is 0. The Morgan fingerprint density at radius 1 is 1.58 bits per heavy atom. The molecule has 0 aliphatic carbocycles. The molecule has 0 heterocycles. The highest BCUT2D eigenvalue weighted by atomic mass is 16.5. The van der Waals surface area contributed by atoms with Crippen LogP contribution in [-0.4, -0.2) is 35.1 Å². The van der Waals surface area contributed by atoms with Gasteiger partial charge in [0.1, 0.15) is 0 Å². The fraction of sp³-hybridized carbons (Fsp3) is 0.778. The van der Waals surface area contributed by atoms with E-state index in [9.17, 15) is 10.2 Å². The Bertz CT molecular complexity index is 126. The Morgan fingerprint density at radius 3 is 2.58 bits per heavy atom. The minimum absolute atomic E-state index is 0.246. The zero-order chi connectivity index (χ0) is 9.61. The first-order valence-corrected chi connectivity index (χ1v) is 4.05. The van der Waals surface area contributed by atoms with E-state index >= 15 is 0 Å². The molecule has 0 fully saturated rings. The maximum atomic E-state index is 9.31. The van der Waals surface area contributed by atoms with E-state index in [0.717, 1.165) is 0 Å². The number of hydrogen-bond acceptors (Lipinski definition) is 3. The van der Waals surface area contributed by atoms with Gasteiger partial charge in [0.25, 0.3) is 0 Å². The van der Waals surface area contributed by atoms with Crippen molar-refractivity contribution < 1.29 is 14.9 Å². The van der Waals surface area contributed by atoms with Gasteiger partial charge < -0.3 is 14.9 Å². The molecule has 0 spiro atoms. The van der Waals surface area contributed by atoms with E-state index in [0.29, 0.717) is 13.0 Å². The molecule has 3 nitrogen and oxygen atoms in total. The predicted molar refractivity (Wildman–Crippen MR) is 47.9 cm³/mol. The molecule has 0 aromatic carbocycles. The summed E-state index contributed by atoms with van der Waals surface area (Å²) >= 11 is 0. The molecule has 0 aromatic heterocycles. The molecule has 0 saturated carbocycles. The second kappa shape index (κ2) is 5.30. The van der Waals surface area contributed by atoms with Crippen LogP contribution in [-0.2, 0) is 4.74 Å². The summed E-state index contributed by atoms with van der Waals surface area (Å²) in [4.78, 5) is 0. The van der Waals surface area contributed by atoms with Crippen LogP contribution >= 0.6 is 0 Å². The Morgan fingerprint density at radius 2 is 2.17 bits per heavy atom. The summed E-state index contributed by atoms with van der Waals surface area (Å²) in [5, 5.41) is 18.6. The lowest BCUT2D eigenvalue weighted by Gasteiger charge is -2.20. The first-order chi connectivity index (χ1) is 5.45. The lowest BCUT2D eigenvalue weighted by Crippen LogP contribution is -2.29. The van der Waals surface area contributed by atoms with E-state index in [-0.39, 0.29) is 6.61 Å². The zero-order valence-electron chi connectivity index (χ0n) is 7.79. The van der Waals surface area contributed by atoms with Gasteiger partial charge in [0.2, 0.25) is 0 Å². The van der Waals surface area contributed by atoms with Crippen LogP contribution in [0.3, 0.4) is 0 Å². The highest BCUT2D eigenvalue weighted by molar-refractivity contribution is 4.71. The van der Waals surface area contributed by atoms with Crippen molar-refractivity contribution in [2.24, 2.45) is 0 Å². The number of ether oxygens (including phenoxy) is 1. The third-order valence-electron chi connectivity index (χ3n) is 1.28. The molecule has 2 N–H and O–H groups in total. The van der Waals surface area contributed by atoms with Gasteiger partial charge in [-0.3, -0.25) is 0 Å². The van der Waals surface area contributed by atoms with E-state index in [2.05, 4.69) is 6.58 Å². The van der Waals surface area contributed by atoms with Gasteiger partial charge in [-0.25, -0.2) is 0 Å². The summed E-state index contributed by atoms with van der Waals surface area (Å²) in [6, 6.07) is 0. The van der Waals surface area contributed by atoms with Crippen molar-refractivity contribution in [2.45, 2.75) is 32.0 Å². The molecule has 12 heavy (non-hydrogen) atoms. The Balaban J connectivity index is 3.46. The molecule has 0 bridgehead atoms. The first kappa shape index (κ1) is 11.6. The topological polar surface area (TPSA) is 49.7 Å². The number of hydrogen-bond donors (Lipinski definition) is 2. The molecule has 0 amide bonds. The normalized spacial score (nSPS) is 14.3. The van der Waals surface area contributed by atoms with Crippen LogP contribution in [0.4, 0.5) is 0 Å². The van der Waals surface area contributed by atoms with Gasteiger partial charge in [0.15, 0.2) is 0 Å². The maximum absolute atomic E-state index is 9.31. The van der Waals surface area contributed by atoms with E-state index in [1.54, 1.807) is 19.9 Å². The van der Waals surface area contributed by atoms with Gasteiger partial charge in [0, 0.05) is 6.42 Å². The van der Waals surface area contributed by atoms with Crippen molar-refractivity contribution in [3.05, 3.63) is 12.7 Å². The second-order valence-electron chi connectivity index (χ2n) is 3.50. The lowest BCUT2D eigenvalue weighted by molar-refractivity contribution is -0.0174. The number of rotatable bonds is 6. The lowest BCUT2D eigenvalue weighted by atomic mass is 10.0. The van der Waals surface area contributed by atoms with Crippen molar-refractivity contribution in [1.82, 2.24) is 0 Å². The van der Waals surface area contributed by atoms with Crippen LogP contribution in [0.15, 0.2) is 12.7 Å². The minimum Gasteiger partial charge on any atom is -0.391 e. The molecule has 1 atom stereocenters. The highest BCUT2D eigenvalue weighted by Gasteiger charge is 2.18. The fourth-order valence-electron chi connectivity index (χ4n) is 0.923. The van der Waals surface area contributed by atoms with Crippen LogP contribution < -0.4 is 0 Å². The van der Waals surface area contributed by atoms with Crippen LogP contribution in [0.1, 0.15) is 20.3 Å². The SMILES string of the molecule is C=CCOCC(O)CC(C)(C)O. The van der Waals surface area contributed by atoms with Crippen LogP contribution in [0.5, 0.6) is 0 Å². The largest absolute Gasteiger partial charge is 0.391 e. The molecule has 72 valence electrons. The van der Waals surface area contributed by atoms with Gasteiger partial charge in [-0.2, -0.15) is 0 Å². The van der Waals surface area contributed by atoms with E-state index < -0.39 is 11.7 Å². The first-order valence-electron chi connectivity index (χ1n) is 4.05. The van der Waals surface area contributed by atoms with E-state index in [4.69, 9.17) is 4.74 Å². The molecular weight excluding hydrogens is 156 g/mol. The van der Waals surface area contributed by atoms with Crippen molar-refractivity contribution in [3.63, 3.8) is 0 Å². The number of aliphatic hydroxyl groups is 2. The zero-order valence-corrected chi connectivity index (χ0v) is 7.79. The summed E-state index contributed by atoms with van der Waals surface area (Å²) in [6.45, 7) is 7.47.